The van der Waals surface area contributed by atoms with E-state index in [4.69, 9.17) is 0 Å². The van der Waals surface area contributed by atoms with Gasteiger partial charge in [0.05, 0.1) is 11.0 Å². The van der Waals surface area contributed by atoms with Crippen LogP contribution in [0.4, 0.5) is 0 Å². The molecule has 0 radical (unpaired) electrons. The second-order valence-corrected chi connectivity index (χ2v) is 5.72. The highest BCUT2D eigenvalue weighted by molar-refractivity contribution is 6.40. The Bertz CT molecular complexity index is 977. The lowest BCUT2D eigenvalue weighted by molar-refractivity contribution is 0.405. The molecule has 0 bridgehead atoms. The molecule has 0 saturated carbocycles. The molecule has 0 fully saturated rings. The van der Waals surface area contributed by atoms with Gasteiger partial charge in [-0.05, 0) is 29.8 Å². The molecule has 0 spiro atoms. The van der Waals surface area contributed by atoms with Crippen LogP contribution < -0.4 is 0 Å². The molecule has 112 valence electrons. The molecule has 0 unspecified atom stereocenters. The monoisotopic (exact) mass is 301 g/mol. The Morgan fingerprint density at radius 1 is 0.739 bits per heavy atom. The summed E-state index contributed by atoms with van der Waals surface area (Å²) in [5.41, 5.74) is 4.24. The summed E-state index contributed by atoms with van der Waals surface area (Å²) < 4.78 is 2.22. The van der Waals surface area contributed by atoms with Gasteiger partial charge in [-0.25, -0.2) is 0 Å². The maximum atomic E-state index is 9.25. The fourth-order valence-corrected chi connectivity index (χ4v) is 3.21. The van der Waals surface area contributed by atoms with Gasteiger partial charge in [-0.3, -0.25) is 0 Å². The average Bonchev–Trinajstić information content (AvgIpc) is 2.88. The summed E-state index contributed by atoms with van der Waals surface area (Å²) in [7, 11) is -1.33. The van der Waals surface area contributed by atoms with E-state index in [0.29, 0.717) is 0 Å². The Morgan fingerprint density at radius 2 is 1.43 bits per heavy atom. The molecular formula is C19H16BNO2. The van der Waals surface area contributed by atoms with E-state index in [-0.39, 0.29) is 6.32 Å². The first-order valence-corrected chi connectivity index (χ1v) is 7.68. The third-order valence-electron chi connectivity index (χ3n) is 4.17. The maximum Gasteiger partial charge on any atom is 0.456 e. The number of para-hydroxylation sites is 2. The quantitative estimate of drug-likeness (QED) is 0.570. The zero-order chi connectivity index (χ0) is 15.8. The minimum atomic E-state index is -1.33. The summed E-state index contributed by atoms with van der Waals surface area (Å²) >= 11 is 0. The molecule has 4 rings (SSSR count). The van der Waals surface area contributed by atoms with Crippen LogP contribution in [0.1, 0.15) is 5.56 Å². The zero-order valence-electron chi connectivity index (χ0n) is 12.6. The van der Waals surface area contributed by atoms with Crippen LogP contribution >= 0.6 is 0 Å². The van der Waals surface area contributed by atoms with Gasteiger partial charge >= 0.3 is 7.12 Å². The van der Waals surface area contributed by atoms with Gasteiger partial charge in [-0.1, -0.05) is 48.5 Å². The average molecular weight is 301 g/mol. The molecule has 4 aromatic rings. The summed E-state index contributed by atoms with van der Waals surface area (Å²) in [4.78, 5) is 0. The third-order valence-corrected chi connectivity index (χ3v) is 4.17. The summed E-state index contributed by atoms with van der Waals surface area (Å²) in [5, 5.41) is 20.9. The van der Waals surface area contributed by atoms with E-state index in [2.05, 4.69) is 34.9 Å². The molecule has 2 N–H and O–H groups in total. The van der Waals surface area contributed by atoms with Gasteiger partial charge in [0.15, 0.2) is 0 Å². The van der Waals surface area contributed by atoms with E-state index < -0.39 is 7.12 Å². The van der Waals surface area contributed by atoms with Crippen LogP contribution in [0, 0.1) is 0 Å². The van der Waals surface area contributed by atoms with Crippen LogP contribution in [0.15, 0.2) is 72.8 Å². The van der Waals surface area contributed by atoms with Crippen LogP contribution in [-0.2, 0) is 6.32 Å². The molecule has 23 heavy (non-hydrogen) atoms. The largest absolute Gasteiger partial charge is 0.456 e. The van der Waals surface area contributed by atoms with Crippen molar-refractivity contribution in [2.75, 3.05) is 0 Å². The minimum Gasteiger partial charge on any atom is -0.427 e. The van der Waals surface area contributed by atoms with Crippen molar-refractivity contribution in [2.45, 2.75) is 6.32 Å². The van der Waals surface area contributed by atoms with Gasteiger partial charge in [0, 0.05) is 22.8 Å². The number of benzene rings is 3. The highest BCUT2D eigenvalue weighted by Crippen LogP contribution is 2.32. The first kappa shape index (κ1) is 14.1. The normalized spacial score (nSPS) is 11.2. The summed E-state index contributed by atoms with van der Waals surface area (Å²) in [6.45, 7) is 0. The van der Waals surface area contributed by atoms with Gasteiger partial charge in [-0.2, -0.15) is 0 Å². The van der Waals surface area contributed by atoms with Gasteiger partial charge in [0.1, 0.15) is 0 Å². The predicted octanol–water partition coefficient (Wildman–Crippen LogP) is 3.34. The summed E-state index contributed by atoms with van der Waals surface area (Å²) in [6, 6.07) is 24.6. The van der Waals surface area contributed by atoms with Crippen molar-refractivity contribution in [3.63, 3.8) is 0 Å². The van der Waals surface area contributed by atoms with E-state index in [1.165, 1.54) is 10.8 Å². The van der Waals surface area contributed by atoms with Crippen molar-refractivity contribution in [1.29, 1.82) is 0 Å². The standard InChI is InChI=1S/C19H16BNO2/c22-20(23)13-14-10-11-17-16-8-4-5-9-18(16)21(19(17)12-14)15-6-2-1-3-7-15/h1-12,22-23H,13H2. The summed E-state index contributed by atoms with van der Waals surface area (Å²) in [5.74, 6) is 0. The Balaban J connectivity index is 2.07. The van der Waals surface area contributed by atoms with Crippen LogP contribution in [0.2, 0.25) is 0 Å². The lowest BCUT2D eigenvalue weighted by Gasteiger charge is -2.08. The Labute approximate surface area is 134 Å². The molecule has 0 amide bonds. The van der Waals surface area contributed by atoms with Crippen molar-refractivity contribution >= 4 is 28.9 Å². The molecule has 0 atom stereocenters. The Hall–Kier alpha value is -2.56. The SMILES string of the molecule is OB(O)Cc1ccc2c3ccccc3n(-c3ccccc3)c2c1. The number of hydrogen-bond donors (Lipinski definition) is 2. The van der Waals surface area contributed by atoms with Crippen LogP contribution in [-0.4, -0.2) is 21.7 Å². The Morgan fingerprint density at radius 3 is 2.22 bits per heavy atom. The molecule has 1 heterocycles. The highest BCUT2D eigenvalue weighted by atomic mass is 16.4. The first-order chi connectivity index (χ1) is 11.2. The molecule has 4 heteroatoms. The van der Waals surface area contributed by atoms with Gasteiger partial charge in [0.2, 0.25) is 0 Å². The second kappa shape index (κ2) is 5.58. The molecule has 0 aliphatic carbocycles. The van der Waals surface area contributed by atoms with E-state index in [0.717, 1.165) is 22.3 Å². The van der Waals surface area contributed by atoms with Crippen LogP contribution in [0.3, 0.4) is 0 Å². The maximum absolute atomic E-state index is 9.25. The Kier molecular flexibility index (Phi) is 3.41. The molecule has 3 nitrogen and oxygen atoms in total. The van der Waals surface area contributed by atoms with Gasteiger partial charge < -0.3 is 14.6 Å². The fourth-order valence-electron chi connectivity index (χ4n) is 3.21. The van der Waals surface area contributed by atoms with Crippen molar-refractivity contribution < 1.29 is 10.0 Å². The van der Waals surface area contributed by atoms with Gasteiger partial charge in [-0.15, -0.1) is 0 Å². The number of hydrogen-bond acceptors (Lipinski definition) is 2. The van der Waals surface area contributed by atoms with E-state index in [1.54, 1.807) is 0 Å². The van der Waals surface area contributed by atoms with Gasteiger partial charge in [0.25, 0.3) is 0 Å². The van der Waals surface area contributed by atoms with Crippen molar-refractivity contribution in [3.05, 3.63) is 78.4 Å². The molecule has 3 aromatic carbocycles. The minimum absolute atomic E-state index is 0.228. The van der Waals surface area contributed by atoms with E-state index >= 15 is 0 Å². The number of fused-ring (bicyclic) bond motifs is 3. The number of aromatic nitrogens is 1. The van der Waals surface area contributed by atoms with E-state index in [1.807, 2.05) is 42.5 Å². The molecule has 1 aromatic heterocycles. The lowest BCUT2D eigenvalue weighted by Crippen LogP contribution is -2.15. The van der Waals surface area contributed by atoms with E-state index in [9.17, 15) is 10.0 Å². The smallest absolute Gasteiger partial charge is 0.427 e. The van der Waals surface area contributed by atoms with Crippen LogP contribution in [0.25, 0.3) is 27.5 Å². The van der Waals surface area contributed by atoms with Crippen molar-refractivity contribution in [3.8, 4) is 5.69 Å². The van der Waals surface area contributed by atoms with Crippen LogP contribution in [0.5, 0.6) is 0 Å². The number of nitrogens with zero attached hydrogens (tertiary/aromatic N) is 1. The van der Waals surface area contributed by atoms with Crippen molar-refractivity contribution in [1.82, 2.24) is 4.57 Å². The second-order valence-electron chi connectivity index (χ2n) is 5.72. The molecule has 0 aliphatic rings. The molecule has 0 aliphatic heterocycles. The lowest BCUT2D eigenvalue weighted by atomic mass is 9.82. The number of rotatable bonds is 3. The fraction of sp³-hybridized carbons (Fsp3) is 0.0526. The van der Waals surface area contributed by atoms with Crippen molar-refractivity contribution in [2.24, 2.45) is 0 Å². The first-order valence-electron chi connectivity index (χ1n) is 7.68. The molecule has 0 saturated heterocycles. The topological polar surface area (TPSA) is 45.4 Å². The summed E-state index contributed by atoms with van der Waals surface area (Å²) in [6.07, 6.45) is 0.228. The molecular weight excluding hydrogens is 285 g/mol. The highest BCUT2D eigenvalue weighted by Gasteiger charge is 2.14. The third kappa shape index (κ3) is 2.42. The zero-order valence-corrected chi connectivity index (χ0v) is 12.6. The predicted molar refractivity (Wildman–Crippen MR) is 94.7 cm³/mol.